The molecule has 1 rings (SSSR count). The number of nitrogens with one attached hydrogen (secondary N) is 1. The molecule has 1 aromatic rings. The number of hydrogen-bond donors (Lipinski definition) is 1. The lowest BCUT2D eigenvalue weighted by Gasteiger charge is -2.12. The molecule has 0 fully saturated rings. The third kappa shape index (κ3) is 6.73. The molecular formula is C12H17ClN4O2. The highest BCUT2D eigenvalue weighted by atomic mass is 35.5. The van der Waals surface area contributed by atoms with Gasteiger partial charge in [0.05, 0.1) is 10.6 Å². The third-order valence-corrected chi connectivity index (χ3v) is 2.58. The summed E-state index contributed by atoms with van der Waals surface area (Å²) in [6, 6.07) is 3.47. The zero-order chi connectivity index (χ0) is 14.3. The largest absolute Gasteiger partial charge is 0.382 e. The van der Waals surface area contributed by atoms with Crippen LogP contribution in [0.5, 0.6) is 0 Å². The van der Waals surface area contributed by atoms with Crippen LogP contribution in [0.15, 0.2) is 30.2 Å². The smallest absolute Gasteiger partial charge is 0.253 e. The molecule has 0 aromatic carbocycles. The Morgan fingerprint density at radius 1 is 1.58 bits per heavy atom. The van der Waals surface area contributed by atoms with E-state index in [2.05, 4.69) is 10.3 Å². The van der Waals surface area contributed by atoms with E-state index >= 15 is 0 Å². The highest BCUT2D eigenvalue weighted by Gasteiger charge is 2.05. The quantitative estimate of drug-likeness (QED) is 0.467. The van der Waals surface area contributed by atoms with Crippen LogP contribution in [0.3, 0.4) is 0 Å². The predicted molar refractivity (Wildman–Crippen MR) is 74.6 cm³/mol. The van der Waals surface area contributed by atoms with Crippen LogP contribution in [-0.2, 0) is 6.42 Å². The minimum absolute atomic E-state index is 0.407. The van der Waals surface area contributed by atoms with E-state index in [9.17, 15) is 10.1 Å². The molecule has 0 unspecified atom stereocenters. The van der Waals surface area contributed by atoms with Crippen LogP contribution in [0, 0.1) is 10.1 Å². The summed E-state index contributed by atoms with van der Waals surface area (Å²) in [5.74, 6) is 0. The number of likely N-dealkylation sites (N-methyl/N-ethyl adjacent to an activating group) is 1. The Bertz CT molecular complexity index is 446. The summed E-state index contributed by atoms with van der Waals surface area (Å²) >= 11 is 5.70. The highest BCUT2D eigenvalue weighted by Crippen LogP contribution is 2.09. The second kappa shape index (κ2) is 7.70. The molecule has 1 heterocycles. The van der Waals surface area contributed by atoms with E-state index in [1.54, 1.807) is 18.3 Å². The van der Waals surface area contributed by atoms with Gasteiger partial charge in [-0.2, -0.15) is 0 Å². The van der Waals surface area contributed by atoms with Gasteiger partial charge in [0.1, 0.15) is 5.15 Å². The molecule has 0 aliphatic heterocycles. The first kappa shape index (κ1) is 15.4. The zero-order valence-electron chi connectivity index (χ0n) is 11.0. The Kier molecular flexibility index (Phi) is 6.24. The van der Waals surface area contributed by atoms with Gasteiger partial charge >= 0.3 is 0 Å². The van der Waals surface area contributed by atoms with E-state index in [4.69, 9.17) is 11.6 Å². The van der Waals surface area contributed by atoms with Gasteiger partial charge in [-0.3, -0.25) is 10.1 Å². The van der Waals surface area contributed by atoms with Crippen LogP contribution in [-0.4, -0.2) is 42.0 Å². The van der Waals surface area contributed by atoms with Crippen molar-refractivity contribution < 1.29 is 4.92 Å². The van der Waals surface area contributed by atoms with Gasteiger partial charge in [-0.15, -0.1) is 0 Å². The van der Waals surface area contributed by atoms with Crippen LogP contribution in [0.1, 0.15) is 5.56 Å². The highest BCUT2D eigenvalue weighted by molar-refractivity contribution is 6.29. The van der Waals surface area contributed by atoms with Crippen molar-refractivity contribution in [3.63, 3.8) is 0 Å². The SMILES string of the molecule is CN(C)CCN/C(=C/[N+](=O)[O-])Cc1ccc(Cl)nc1. The number of hydrogen-bond acceptors (Lipinski definition) is 5. The molecule has 7 heteroatoms. The fourth-order valence-electron chi connectivity index (χ4n) is 1.45. The van der Waals surface area contributed by atoms with Gasteiger partial charge in [0.2, 0.25) is 0 Å². The third-order valence-electron chi connectivity index (χ3n) is 2.36. The molecule has 19 heavy (non-hydrogen) atoms. The molecule has 104 valence electrons. The normalized spacial score (nSPS) is 11.7. The van der Waals surface area contributed by atoms with Crippen molar-refractivity contribution in [3.8, 4) is 0 Å². The summed E-state index contributed by atoms with van der Waals surface area (Å²) in [5.41, 5.74) is 1.42. The molecule has 0 amide bonds. The molecule has 0 bridgehead atoms. The molecular weight excluding hydrogens is 268 g/mol. The monoisotopic (exact) mass is 284 g/mol. The first-order valence-electron chi connectivity index (χ1n) is 5.80. The minimum Gasteiger partial charge on any atom is -0.382 e. The Morgan fingerprint density at radius 2 is 2.32 bits per heavy atom. The second-order valence-corrected chi connectivity index (χ2v) is 4.72. The summed E-state index contributed by atoms with van der Waals surface area (Å²) in [7, 11) is 3.89. The number of aromatic nitrogens is 1. The van der Waals surface area contributed by atoms with Gasteiger partial charge in [0.25, 0.3) is 6.20 Å². The summed E-state index contributed by atoms with van der Waals surface area (Å²) in [6.07, 6.45) is 3.03. The van der Waals surface area contributed by atoms with Crippen molar-refractivity contribution in [2.75, 3.05) is 27.2 Å². The Balaban J connectivity index is 2.64. The van der Waals surface area contributed by atoms with Gasteiger partial charge < -0.3 is 10.2 Å². The van der Waals surface area contributed by atoms with E-state index in [-0.39, 0.29) is 0 Å². The molecule has 0 saturated carbocycles. The van der Waals surface area contributed by atoms with Crippen LogP contribution >= 0.6 is 11.6 Å². The van der Waals surface area contributed by atoms with E-state index in [0.29, 0.717) is 23.8 Å². The molecule has 1 N–H and O–H groups in total. The van der Waals surface area contributed by atoms with Gasteiger partial charge in [-0.05, 0) is 25.7 Å². The van der Waals surface area contributed by atoms with Crippen molar-refractivity contribution in [1.29, 1.82) is 0 Å². The molecule has 1 aromatic heterocycles. The van der Waals surface area contributed by atoms with E-state index < -0.39 is 4.92 Å². The lowest BCUT2D eigenvalue weighted by Crippen LogP contribution is -2.27. The first-order valence-corrected chi connectivity index (χ1v) is 6.18. The van der Waals surface area contributed by atoms with Crippen molar-refractivity contribution in [2.45, 2.75) is 6.42 Å². The maximum absolute atomic E-state index is 10.6. The predicted octanol–water partition coefficient (Wildman–Crippen LogP) is 1.55. The Hall–Kier alpha value is -1.66. The molecule has 6 nitrogen and oxygen atoms in total. The topological polar surface area (TPSA) is 71.3 Å². The van der Waals surface area contributed by atoms with E-state index in [1.165, 1.54) is 0 Å². The van der Waals surface area contributed by atoms with Crippen LogP contribution in [0.4, 0.5) is 0 Å². The Labute approximate surface area is 117 Å². The van der Waals surface area contributed by atoms with Gasteiger partial charge in [-0.1, -0.05) is 17.7 Å². The number of allylic oxidation sites excluding steroid dienone is 1. The van der Waals surface area contributed by atoms with Crippen molar-refractivity contribution in [1.82, 2.24) is 15.2 Å². The molecule has 0 atom stereocenters. The number of rotatable bonds is 7. The van der Waals surface area contributed by atoms with Crippen molar-refractivity contribution in [3.05, 3.63) is 51.1 Å². The number of pyridine rings is 1. The summed E-state index contributed by atoms with van der Waals surface area (Å²) < 4.78 is 0. The summed E-state index contributed by atoms with van der Waals surface area (Å²) in [4.78, 5) is 16.1. The zero-order valence-corrected chi connectivity index (χ0v) is 11.7. The summed E-state index contributed by atoms with van der Waals surface area (Å²) in [6.45, 7) is 1.45. The van der Waals surface area contributed by atoms with Crippen LogP contribution in [0.25, 0.3) is 0 Å². The van der Waals surface area contributed by atoms with E-state index in [0.717, 1.165) is 18.3 Å². The Morgan fingerprint density at radius 3 is 2.84 bits per heavy atom. The second-order valence-electron chi connectivity index (χ2n) is 4.34. The average molecular weight is 285 g/mol. The molecule has 0 spiro atoms. The van der Waals surface area contributed by atoms with Crippen molar-refractivity contribution >= 4 is 11.6 Å². The molecule has 0 aliphatic carbocycles. The number of halogens is 1. The number of nitrogens with zero attached hydrogens (tertiary/aromatic N) is 3. The molecule has 0 radical (unpaired) electrons. The van der Waals surface area contributed by atoms with Gasteiger partial charge in [-0.25, -0.2) is 4.98 Å². The van der Waals surface area contributed by atoms with Crippen molar-refractivity contribution in [2.24, 2.45) is 0 Å². The fraction of sp³-hybridized carbons (Fsp3) is 0.417. The van der Waals surface area contributed by atoms with Crippen LogP contribution < -0.4 is 5.32 Å². The van der Waals surface area contributed by atoms with Gasteiger partial charge in [0, 0.05) is 25.7 Å². The van der Waals surface area contributed by atoms with Crippen LogP contribution in [0.2, 0.25) is 5.15 Å². The number of nitro groups is 1. The van der Waals surface area contributed by atoms with E-state index in [1.807, 2.05) is 19.0 Å². The minimum atomic E-state index is -0.457. The molecule has 0 aliphatic rings. The first-order chi connectivity index (χ1) is 8.97. The maximum Gasteiger partial charge on any atom is 0.253 e. The lowest BCUT2D eigenvalue weighted by atomic mass is 10.1. The maximum atomic E-state index is 10.6. The lowest BCUT2D eigenvalue weighted by molar-refractivity contribution is -0.403. The summed E-state index contributed by atoms with van der Waals surface area (Å²) in [5, 5.41) is 14.1. The average Bonchev–Trinajstić information content (AvgIpc) is 2.30. The standard InChI is InChI=1S/C12H17ClN4O2/c1-16(2)6-5-14-11(9-17(18)19)7-10-3-4-12(13)15-8-10/h3-4,8-9,14H,5-7H2,1-2H3/b11-9+. The van der Waals surface area contributed by atoms with Gasteiger partial charge in [0.15, 0.2) is 0 Å². The fourth-order valence-corrected chi connectivity index (χ4v) is 1.56. The molecule has 0 saturated heterocycles.